The Labute approximate surface area is 157 Å². The molecule has 2 aromatic heterocycles. The van der Waals surface area contributed by atoms with Crippen LogP contribution in [0.5, 0.6) is 0 Å². The second kappa shape index (κ2) is 6.15. The van der Waals surface area contributed by atoms with Gasteiger partial charge in [0, 0.05) is 17.3 Å². The van der Waals surface area contributed by atoms with Crippen molar-refractivity contribution >= 4 is 22.6 Å². The number of carbonyl (C=O) groups is 1. The van der Waals surface area contributed by atoms with Crippen molar-refractivity contribution in [3.63, 3.8) is 0 Å². The molecule has 6 heteroatoms. The normalized spacial score (nSPS) is 14.6. The Morgan fingerprint density at radius 3 is 2.63 bits per heavy atom. The number of amides is 1. The summed E-state index contributed by atoms with van der Waals surface area (Å²) in [7, 11) is 0. The number of nitrogens with zero attached hydrogens (tertiary/aromatic N) is 3. The fraction of sp³-hybridized carbons (Fsp3) is 0.381. The van der Waals surface area contributed by atoms with Crippen LogP contribution >= 0.6 is 0 Å². The molecule has 5 nitrogen and oxygen atoms in total. The van der Waals surface area contributed by atoms with E-state index in [0.29, 0.717) is 17.2 Å². The number of fused-ring (bicyclic) bond motifs is 1. The summed E-state index contributed by atoms with van der Waals surface area (Å²) in [6.07, 6.45) is 2.18. The number of hydrogen-bond donors (Lipinski definition) is 1. The third-order valence-electron chi connectivity index (χ3n) is 4.79. The Bertz CT molecular complexity index is 1040. The molecule has 2 heterocycles. The Hall–Kier alpha value is -2.76. The van der Waals surface area contributed by atoms with Crippen LogP contribution in [0.3, 0.4) is 0 Å². The van der Waals surface area contributed by atoms with Crippen molar-refractivity contribution in [1.29, 1.82) is 0 Å². The van der Waals surface area contributed by atoms with Crippen molar-refractivity contribution in [2.45, 2.75) is 52.0 Å². The molecule has 27 heavy (non-hydrogen) atoms. The maximum Gasteiger partial charge on any atom is 0.256 e. The minimum atomic E-state index is -0.386. The van der Waals surface area contributed by atoms with E-state index in [0.717, 1.165) is 35.3 Å². The van der Waals surface area contributed by atoms with E-state index in [-0.39, 0.29) is 17.3 Å². The lowest BCUT2D eigenvalue weighted by Crippen LogP contribution is -2.23. The summed E-state index contributed by atoms with van der Waals surface area (Å²) in [6.45, 7) is 8.09. The number of rotatable bonds is 3. The van der Waals surface area contributed by atoms with Crippen LogP contribution in [0.2, 0.25) is 0 Å². The molecule has 1 amide bonds. The number of carbonyl (C=O) groups excluding carboxylic acids is 1. The van der Waals surface area contributed by atoms with Crippen LogP contribution in [0.1, 0.15) is 61.3 Å². The molecule has 0 unspecified atom stereocenters. The van der Waals surface area contributed by atoms with E-state index in [1.807, 2.05) is 17.7 Å². The second-order valence-corrected chi connectivity index (χ2v) is 8.20. The first-order chi connectivity index (χ1) is 12.7. The van der Waals surface area contributed by atoms with Crippen molar-refractivity contribution in [3.8, 4) is 0 Å². The van der Waals surface area contributed by atoms with Gasteiger partial charge in [0.05, 0.1) is 22.2 Å². The smallest absolute Gasteiger partial charge is 0.256 e. The molecule has 4 rings (SSSR count). The van der Waals surface area contributed by atoms with E-state index in [4.69, 9.17) is 4.98 Å². The van der Waals surface area contributed by atoms with E-state index >= 15 is 0 Å². The second-order valence-electron chi connectivity index (χ2n) is 8.20. The van der Waals surface area contributed by atoms with Crippen LogP contribution in [0.4, 0.5) is 10.1 Å². The molecule has 0 radical (unpaired) electrons. The summed E-state index contributed by atoms with van der Waals surface area (Å²) >= 11 is 0. The molecule has 0 bridgehead atoms. The largest absolute Gasteiger partial charge is 0.322 e. The molecule has 1 aliphatic carbocycles. The number of benzene rings is 1. The molecule has 0 saturated heterocycles. The summed E-state index contributed by atoms with van der Waals surface area (Å²) in [4.78, 5) is 17.9. The molecule has 0 spiro atoms. The third kappa shape index (κ3) is 3.31. The van der Waals surface area contributed by atoms with Gasteiger partial charge in [-0.2, -0.15) is 5.10 Å². The average Bonchev–Trinajstić information content (AvgIpc) is 3.37. The molecule has 0 aliphatic heterocycles. The standard InChI is InChI=1S/C21H23FN4O/c1-12-18-16(20(27)23-15-7-5-6-14(22)10-15)11-17(13-8-9-13)24-19(18)26(25-12)21(2,3)4/h5-7,10-11,13H,8-9H2,1-4H3,(H,23,27). The number of aromatic nitrogens is 3. The first kappa shape index (κ1) is 17.6. The lowest BCUT2D eigenvalue weighted by molar-refractivity contribution is 0.102. The van der Waals surface area contributed by atoms with Gasteiger partial charge in [0.1, 0.15) is 5.82 Å². The van der Waals surface area contributed by atoms with Gasteiger partial charge in [-0.15, -0.1) is 0 Å². The maximum atomic E-state index is 13.5. The highest BCUT2D eigenvalue weighted by molar-refractivity contribution is 6.12. The number of nitrogens with one attached hydrogen (secondary N) is 1. The average molecular weight is 366 g/mol. The van der Waals surface area contributed by atoms with Gasteiger partial charge in [-0.05, 0) is 64.8 Å². The molecular formula is C21H23FN4O. The van der Waals surface area contributed by atoms with Crippen LogP contribution < -0.4 is 5.32 Å². The Kier molecular flexibility index (Phi) is 4.02. The highest BCUT2D eigenvalue weighted by atomic mass is 19.1. The van der Waals surface area contributed by atoms with Crippen LogP contribution in [-0.4, -0.2) is 20.7 Å². The Morgan fingerprint density at radius 2 is 2.00 bits per heavy atom. The number of hydrogen-bond acceptors (Lipinski definition) is 3. The van der Waals surface area contributed by atoms with Gasteiger partial charge in [0.25, 0.3) is 5.91 Å². The summed E-state index contributed by atoms with van der Waals surface area (Å²) in [6, 6.07) is 7.78. The van der Waals surface area contributed by atoms with Crippen LogP contribution in [0, 0.1) is 12.7 Å². The van der Waals surface area contributed by atoms with Gasteiger partial charge in [-0.1, -0.05) is 6.07 Å². The predicted octanol–water partition coefficient (Wildman–Crippen LogP) is 4.76. The minimum Gasteiger partial charge on any atom is -0.322 e. The monoisotopic (exact) mass is 366 g/mol. The molecule has 0 atom stereocenters. The van der Waals surface area contributed by atoms with Crippen LogP contribution in [0.25, 0.3) is 11.0 Å². The first-order valence-corrected chi connectivity index (χ1v) is 9.22. The molecule has 3 aromatic rings. The van der Waals surface area contributed by atoms with Crippen molar-refractivity contribution in [2.24, 2.45) is 0 Å². The number of halogens is 1. The molecule has 1 aromatic carbocycles. The fourth-order valence-corrected chi connectivity index (χ4v) is 3.31. The topological polar surface area (TPSA) is 59.8 Å². The summed E-state index contributed by atoms with van der Waals surface area (Å²) in [5.41, 5.74) is 3.14. The lowest BCUT2D eigenvalue weighted by atomic mass is 10.1. The zero-order chi connectivity index (χ0) is 19.3. The lowest BCUT2D eigenvalue weighted by Gasteiger charge is -2.20. The van der Waals surface area contributed by atoms with Gasteiger partial charge >= 0.3 is 0 Å². The van der Waals surface area contributed by atoms with Gasteiger partial charge in [0.15, 0.2) is 5.65 Å². The Balaban J connectivity index is 1.86. The molecule has 1 N–H and O–H groups in total. The van der Waals surface area contributed by atoms with Gasteiger partial charge < -0.3 is 5.32 Å². The summed E-state index contributed by atoms with van der Waals surface area (Å²) < 4.78 is 15.4. The summed E-state index contributed by atoms with van der Waals surface area (Å²) in [5.74, 6) is -0.256. The van der Waals surface area contributed by atoms with Crippen molar-refractivity contribution in [3.05, 3.63) is 53.1 Å². The van der Waals surface area contributed by atoms with Crippen molar-refractivity contribution in [1.82, 2.24) is 14.8 Å². The van der Waals surface area contributed by atoms with Crippen molar-refractivity contribution in [2.75, 3.05) is 5.32 Å². The van der Waals surface area contributed by atoms with E-state index in [1.54, 1.807) is 12.1 Å². The Morgan fingerprint density at radius 1 is 1.26 bits per heavy atom. The van der Waals surface area contributed by atoms with E-state index in [2.05, 4.69) is 31.2 Å². The quantitative estimate of drug-likeness (QED) is 0.727. The zero-order valence-electron chi connectivity index (χ0n) is 16.0. The van der Waals surface area contributed by atoms with Gasteiger partial charge in [-0.25, -0.2) is 14.1 Å². The maximum absolute atomic E-state index is 13.5. The highest BCUT2D eigenvalue weighted by Gasteiger charge is 2.30. The SMILES string of the molecule is Cc1nn(C(C)(C)C)c2nc(C3CC3)cc(C(=O)Nc3cccc(F)c3)c12. The zero-order valence-corrected chi connectivity index (χ0v) is 16.0. The fourth-order valence-electron chi connectivity index (χ4n) is 3.31. The van der Waals surface area contributed by atoms with Crippen LogP contribution in [-0.2, 0) is 5.54 Å². The van der Waals surface area contributed by atoms with E-state index in [1.165, 1.54) is 12.1 Å². The first-order valence-electron chi connectivity index (χ1n) is 9.22. The molecule has 1 fully saturated rings. The highest BCUT2D eigenvalue weighted by Crippen LogP contribution is 2.41. The van der Waals surface area contributed by atoms with E-state index in [9.17, 15) is 9.18 Å². The third-order valence-corrected chi connectivity index (χ3v) is 4.79. The number of pyridine rings is 1. The minimum absolute atomic E-state index is 0.252. The molecule has 1 aliphatic rings. The summed E-state index contributed by atoms with van der Waals surface area (Å²) in [5, 5.41) is 8.22. The van der Waals surface area contributed by atoms with Gasteiger partial charge in [0.2, 0.25) is 0 Å². The molecular weight excluding hydrogens is 343 g/mol. The molecule has 140 valence electrons. The molecule has 1 saturated carbocycles. The van der Waals surface area contributed by atoms with Crippen molar-refractivity contribution < 1.29 is 9.18 Å². The van der Waals surface area contributed by atoms with Gasteiger partial charge in [-0.3, -0.25) is 4.79 Å². The number of aryl methyl sites for hydroxylation is 1. The van der Waals surface area contributed by atoms with E-state index < -0.39 is 0 Å². The van der Waals surface area contributed by atoms with Crippen LogP contribution in [0.15, 0.2) is 30.3 Å². The number of anilines is 1. The predicted molar refractivity (Wildman–Crippen MR) is 104 cm³/mol.